The molecule has 0 aliphatic heterocycles. The van der Waals surface area contributed by atoms with Gasteiger partial charge in [-0.25, -0.2) is 0 Å². The highest BCUT2D eigenvalue weighted by Crippen LogP contribution is 2.19. The number of rotatable bonds is 6. The molecule has 3 nitrogen and oxygen atoms in total. The quantitative estimate of drug-likeness (QED) is 0.531. The largest absolute Gasteiger partial charge is 0.356 e. The van der Waals surface area contributed by atoms with Gasteiger partial charge in [-0.2, -0.15) is 0 Å². The first-order valence-corrected chi connectivity index (χ1v) is 7.86. The van der Waals surface area contributed by atoms with E-state index in [2.05, 4.69) is 59.5 Å². The average Bonchev–Trinajstić information content (AvgIpc) is 2.62. The van der Waals surface area contributed by atoms with E-state index in [1.54, 1.807) is 0 Å². The van der Waals surface area contributed by atoms with E-state index in [0.29, 0.717) is 0 Å². The number of hydrogen-bond donors (Lipinski definition) is 3. The predicted octanol–water partition coefficient (Wildman–Crippen LogP) is 5.43. The number of hydrogen-bond acceptors (Lipinski definition) is 3. The fourth-order valence-electron chi connectivity index (χ4n) is 2.29. The third-order valence-electron chi connectivity index (χ3n) is 3.66. The van der Waals surface area contributed by atoms with E-state index >= 15 is 0 Å². The van der Waals surface area contributed by atoms with E-state index in [1.165, 1.54) is 5.56 Å². The Bertz CT molecular complexity index is 719. The number of nitrogens with one attached hydrogen (secondary N) is 3. The monoisotopic (exact) mass is 303 g/mol. The average molecular weight is 303 g/mol. The fraction of sp³-hybridized carbons (Fsp3) is 0.100. The summed E-state index contributed by atoms with van der Waals surface area (Å²) < 4.78 is 0. The zero-order chi connectivity index (χ0) is 15.9. The van der Waals surface area contributed by atoms with Crippen LogP contribution >= 0.6 is 0 Å². The van der Waals surface area contributed by atoms with E-state index in [4.69, 9.17) is 0 Å². The second-order valence-electron chi connectivity index (χ2n) is 5.37. The standard InChI is InChI=1S/C20H21N3/c1-2-16-8-10-19(11-9-16)22-23-20-14-12-18(13-15-20)21-17-6-4-3-5-7-17/h3-15,21-23H,2H2,1H3. The zero-order valence-corrected chi connectivity index (χ0v) is 13.2. The Kier molecular flexibility index (Phi) is 4.79. The van der Waals surface area contributed by atoms with Crippen LogP contribution in [0.15, 0.2) is 78.9 Å². The van der Waals surface area contributed by atoms with Crippen LogP contribution < -0.4 is 16.2 Å². The van der Waals surface area contributed by atoms with Crippen molar-refractivity contribution in [1.29, 1.82) is 0 Å². The van der Waals surface area contributed by atoms with Crippen LogP contribution in [0.4, 0.5) is 22.7 Å². The molecule has 0 aromatic heterocycles. The molecule has 0 radical (unpaired) electrons. The Morgan fingerprint density at radius 3 is 1.61 bits per heavy atom. The molecule has 3 N–H and O–H groups in total. The van der Waals surface area contributed by atoms with Gasteiger partial charge in [0, 0.05) is 11.4 Å². The van der Waals surface area contributed by atoms with Gasteiger partial charge in [-0.1, -0.05) is 37.3 Å². The third-order valence-corrected chi connectivity index (χ3v) is 3.66. The smallest absolute Gasteiger partial charge is 0.0541 e. The van der Waals surface area contributed by atoms with Gasteiger partial charge in [-0.3, -0.25) is 0 Å². The first-order chi connectivity index (χ1) is 11.3. The lowest BCUT2D eigenvalue weighted by atomic mass is 10.2. The van der Waals surface area contributed by atoms with Gasteiger partial charge >= 0.3 is 0 Å². The minimum absolute atomic E-state index is 1.02. The summed E-state index contributed by atoms with van der Waals surface area (Å²) in [6, 6.07) is 26.8. The van der Waals surface area contributed by atoms with Crippen molar-refractivity contribution < 1.29 is 0 Å². The molecule has 0 heterocycles. The molecule has 0 fully saturated rings. The summed E-state index contributed by atoms with van der Waals surface area (Å²) >= 11 is 0. The Balaban J connectivity index is 1.56. The van der Waals surface area contributed by atoms with Gasteiger partial charge in [-0.15, -0.1) is 0 Å². The maximum atomic E-state index is 3.37. The number of para-hydroxylation sites is 1. The highest BCUT2D eigenvalue weighted by molar-refractivity contribution is 5.63. The molecule has 3 heteroatoms. The molecule has 116 valence electrons. The zero-order valence-electron chi connectivity index (χ0n) is 13.2. The molecule has 0 saturated heterocycles. The van der Waals surface area contributed by atoms with Crippen LogP contribution in [0.2, 0.25) is 0 Å². The number of anilines is 4. The van der Waals surface area contributed by atoms with Crippen LogP contribution in [0.3, 0.4) is 0 Å². The SMILES string of the molecule is CCc1ccc(NNc2ccc(Nc3ccccc3)cc2)cc1. The Morgan fingerprint density at radius 1 is 0.565 bits per heavy atom. The second kappa shape index (κ2) is 7.36. The van der Waals surface area contributed by atoms with E-state index in [1.807, 2.05) is 42.5 Å². The van der Waals surface area contributed by atoms with Gasteiger partial charge < -0.3 is 16.2 Å². The lowest BCUT2D eigenvalue weighted by Crippen LogP contribution is -2.08. The molecule has 0 bridgehead atoms. The van der Waals surface area contributed by atoms with Crippen molar-refractivity contribution >= 4 is 22.7 Å². The Morgan fingerprint density at radius 2 is 1.04 bits per heavy atom. The molecule has 0 aliphatic rings. The van der Waals surface area contributed by atoms with Crippen molar-refractivity contribution in [3.05, 3.63) is 84.4 Å². The van der Waals surface area contributed by atoms with Crippen LogP contribution in [-0.2, 0) is 6.42 Å². The highest BCUT2D eigenvalue weighted by Gasteiger charge is 1.96. The van der Waals surface area contributed by atoms with Crippen molar-refractivity contribution in [2.45, 2.75) is 13.3 Å². The van der Waals surface area contributed by atoms with E-state index < -0.39 is 0 Å². The molecule has 3 rings (SSSR count). The van der Waals surface area contributed by atoms with Crippen molar-refractivity contribution in [3.8, 4) is 0 Å². The third kappa shape index (κ3) is 4.27. The van der Waals surface area contributed by atoms with E-state index in [9.17, 15) is 0 Å². The second-order valence-corrected chi connectivity index (χ2v) is 5.37. The van der Waals surface area contributed by atoms with Crippen molar-refractivity contribution in [3.63, 3.8) is 0 Å². The minimum atomic E-state index is 1.02. The van der Waals surface area contributed by atoms with Crippen molar-refractivity contribution in [1.82, 2.24) is 0 Å². The van der Waals surface area contributed by atoms with Crippen LogP contribution in [-0.4, -0.2) is 0 Å². The molecule has 0 unspecified atom stereocenters. The summed E-state index contributed by atoms with van der Waals surface area (Å²) in [4.78, 5) is 0. The van der Waals surface area contributed by atoms with Gasteiger partial charge in [0.15, 0.2) is 0 Å². The minimum Gasteiger partial charge on any atom is -0.356 e. The molecule has 3 aromatic carbocycles. The summed E-state index contributed by atoms with van der Waals surface area (Å²) in [7, 11) is 0. The van der Waals surface area contributed by atoms with E-state index in [0.717, 1.165) is 29.2 Å². The predicted molar refractivity (Wildman–Crippen MR) is 99.2 cm³/mol. The summed E-state index contributed by atoms with van der Waals surface area (Å²) in [5, 5.41) is 3.37. The summed E-state index contributed by atoms with van der Waals surface area (Å²) in [5.74, 6) is 0. The van der Waals surface area contributed by atoms with Gasteiger partial charge in [-0.05, 0) is 60.5 Å². The van der Waals surface area contributed by atoms with Gasteiger partial charge in [0.25, 0.3) is 0 Å². The lowest BCUT2D eigenvalue weighted by molar-refractivity contribution is 1.14. The molecule has 23 heavy (non-hydrogen) atoms. The van der Waals surface area contributed by atoms with Crippen LogP contribution in [0.5, 0.6) is 0 Å². The summed E-state index contributed by atoms with van der Waals surface area (Å²) in [6.07, 6.45) is 1.06. The van der Waals surface area contributed by atoms with Crippen molar-refractivity contribution in [2.75, 3.05) is 16.2 Å². The molecule has 0 atom stereocenters. The molecular weight excluding hydrogens is 282 g/mol. The Hall–Kier alpha value is -2.94. The molecule has 0 saturated carbocycles. The number of aryl methyl sites for hydroxylation is 1. The van der Waals surface area contributed by atoms with Crippen LogP contribution in [0.25, 0.3) is 0 Å². The van der Waals surface area contributed by atoms with Gasteiger partial charge in [0.1, 0.15) is 0 Å². The van der Waals surface area contributed by atoms with Crippen LogP contribution in [0, 0.1) is 0 Å². The molecule has 0 amide bonds. The topological polar surface area (TPSA) is 36.1 Å². The maximum Gasteiger partial charge on any atom is 0.0541 e. The summed E-state index contributed by atoms with van der Waals surface area (Å²) in [6.45, 7) is 2.16. The Labute approximate surface area is 137 Å². The maximum absolute atomic E-state index is 3.37. The van der Waals surface area contributed by atoms with Gasteiger partial charge in [0.2, 0.25) is 0 Å². The lowest BCUT2D eigenvalue weighted by Gasteiger charge is -2.11. The molecule has 3 aromatic rings. The first kappa shape index (κ1) is 15.0. The van der Waals surface area contributed by atoms with Crippen molar-refractivity contribution in [2.24, 2.45) is 0 Å². The first-order valence-electron chi connectivity index (χ1n) is 7.86. The fourth-order valence-corrected chi connectivity index (χ4v) is 2.29. The van der Waals surface area contributed by atoms with Crippen LogP contribution in [0.1, 0.15) is 12.5 Å². The highest BCUT2D eigenvalue weighted by atomic mass is 15.4. The molecule has 0 spiro atoms. The van der Waals surface area contributed by atoms with Gasteiger partial charge in [0.05, 0.1) is 11.4 Å². The normalized spacial score (nSPS) is 10.1. The number of benzene rings is 3. The summed E-state index contributed by atoms with van der Waals surface area (Å²) in [5.41, 5.74) is 12.0. The molecule has 0 aliphatic carbocycles. The number of hydrazine groups is 1. The molecular formula is C20H21N3. The van der Waals surface area contributed by atoms with E-state index in [-0.39, 0.29) is 0 Å².